The lowest BCUT2D eigenvalue weighted by Gasteiger charge is -2.42. The van der Waals surface area contributed by atoms with Gasteiger partial charge < -0.3 is 15.8 Å². The van der Waals surface area contributed by atoms with Gasteiger partial charge in [-0.2, -0.15) is 11.8 Å². The van der Waals surface area contributed by atoms with E-state index in [4.69, 9.17) is 15.5 Å². The van der Waals surface area contributed by atoms with Crippen LogP contribution in [0.1, 0.15) is 31.4 Å². The van der Waals surface area contributed by atoms with Crippen molar-refractivity contribution < 1.29 is 4.74 Å². The Kier molecular flexibility index (Phi) is 9.18. The van der Waals surface area contributed by atoms with Crippen LogP contribution in [-0.2, 0) is 17.6 Å². The predicted octanol–water partition coefficient (Wildman–Crippen LogP) is 3.36. The zero-order valence-corrected chi connectivity index (χ0v) is 19.6. The largest absolute Gasteiger partial charge is 0.379 e. The molecule has 1 aromatic carbocycles. The van der Waals surface area contributed by atoms with Crippen LogP contribution in [0.25, 0.3) is 0 Å². The Morgan fingerprint density at radius 2 is 1.93 bits per heavy atom. The van der Waals surface area contributed by atoms with Crippen LogP contribution in [0.2, 0.25) is 0 Å². The molecule has 1 aromatic rings. The Labute approximate surface area is 184 Å². The van der Waals surface area contributed by atoms with Crippen molar-refractivity contribution in [1.29, 1.82) is 0 Å². The van der Waals surface area contributed by atoms with Crippen molar-refractivity contribution in [2.24, 2.45) is 10.7 Å². The fourth-order valence-electron chi connectivity index (χ4n) is 3.91. The summed E-state index contributed by atoms with van der Waals surface area (Å²) in [6.07, 6.45) is 3.15. The van der Waals surface area contributed by atoms with Crippen molar-refractivity contribution in [2.45, 2.75) is 38.6 Å². The number of anilines is 1. The summed E-state index contributed by atoms with van der Waals surface area (Å²) >= 11 is 2.03. The number of morpholine rings is 1. The van der Waals surface area contributed by atoms with Crippen LogP contribution in [0.5, 0.6) is 0 Å². The number of aryl methyl sites for hydroxylation is 2. The van der Waals surface area contributed by atoms with E-state index in [9.17, 15) is 0 Å². The molecule has 0 aromatic heterocycles. The van der Waals surface area contributed by atoms with E-state index in [-0.39, 0.29) is 29.5 Å². The number of nitrogens with one attached hydrogen (secondary N) is 1. The topological polar surface area (TPSA) is 62.9 Å². The summed E-state index contributed by atoms with van der Waals surface area (Å²) in [7, 11) is 0. The maximum atomic E-state index is 6.31. The number of nitrogens with two attached hydrogens (primary N) is 1. The summed E-state index contributed by atoms with van der Waals surface area (Å²) in [5.41, 5.74) is 10.2. The number of hydrogen-bond acceptors (Lipinski definition) is 4. The van der Waals surface area contributed by atoms with Gasteiger partial charge in [0.05, 0.1) is 25.3 Å². The first-order valence-corrected chi connectivity index (χ1v) is 10.9. The van der Waals surface area contributed by atoms with E-state index >= 15 is 0 Å². The van der Waals surface area contributed by atoms with Gasteiger partial charge in [0.25, 0.3) is 0 Å². The summed E-state index contributed by atoms with van der Waals surface area (Å²) in [5.74, 6) is 2.87. The predicted molar refractivity (Wildman–Crippen MR) is 128 cm³/mol. The molecule has 3 rings (SSSR count). The van der Waals surface area contributed by atoms with E-state index < -0.39 is 0 Å². The van der Waals surface area contributed by atoms with E-state index in [0.717, 1.165) is 57.1 Å². The van der Waals surface area contributed by atoms with Gasteiger partial charge in [-0.15, -0.1) is 24.0 Å². The minimum absolute atomic E-state index is 0. The van der Waals surface area contributed by atoms with Gasteiger partial charge in [0.2, 0.25) is 0 Å². The maximum Gasteiger partial charge on any atom is 0.193 e. The van der Waals surface area contributed by atoms with E-state index in [1.165, 1.54) is 23.3 Å². The number of ether oxygens (including phenoxy) is 1. The van der Waals surface area contributed by atoms with Gasteiger partial charge in [-0.25, -0.2) is 0 Å². The third-order valence-electron chi connectivity index (χ3n) is 5.56. The molecule has 27 heavy (non-hydrogen) atoms. The molecule has 152 valence electrons. The molecule has 2 heterocycles. The zero-order valence-electron chi connectivity index (χ0n) is 16.5. The van der Waals surface area contributed by atoms with Crippen LogP contribution in [0, 0.1) is 0 Å². The van der Waals surface area contributed by atoms with Crippen molar-refractivity contribution in [3.8, 4) is 0 Å². The van der Waals surface area contributed by atoms with Crippen LogP contribution in [0.4, 0.5) is 5.69 Å². The summed E-state index contributed by atoms with van der Waals surface area (Å²) in [4.78, 5) is 7.36. The van der Waals surface area contributed by atoms with Gasteiger partial charge in [0.15, 0.2) is 5.96 Å². The van der Waals surface area contributed by atoms with Gasteiger partial charge in [-0.05, 0) is 36.1 Å². The molecule has 0 radical (unpaired) electrons. The van der Waals surface area contributed by atoms with Gasteiger partial charge in [-0.3, -0.25) is 9.89 Å². The summed E-state index contributed by atoms with van der Waals surface area (Å²) in [6, 6.07) is 6.45. The third-order valence-corrected chi connectivity index (χ3v) is 6.79. The Morgan fingerprint density at radius 3 is 2.48 bits per heavy atom. The molecule has 0 aliphatic carbocycles. The number of para-hydroxylation sites is 1. The zero-order chi connectivity index (χ0) is 18.4. The second-order valence-electron chi connectivity index (χ2n) is 7.11. The highest BCUT2D eigenvalue weighted by atomic mass is 127. The van der Waals surface area contributed by atoms with Crippen LogP contribution >= 0.6 is 35.7 Å². The monoisotopic (exact) mass is 504 g/mol. The second kappa shape index (κ2) is 10.9. The number of nitrogens with zero attached hydrogens (tertiary/aromatic N) is 2. The number of rotatable bonds is 6. The molecule has 2 saturated heterocycles. The molecule has 2 aliphatic rings. The number of hydrogen-bond donors (Lipinski definition) is 2. The molecule has 0 amide bonds. The second-order valence-corrected chi connectivity index (χ2v) is 8.22. The number of halogens is 1. The van der Waals surface area contributed by atoms with Crippen LogP contribution in [-0.4, -0.2) is 60.8 Å². The lowest BCUT2D eigenvalue weighted by atomic mass is 9.96. The molecule has 5 nitrogen and oxygen atoms in total. The van der Waals surface area contributed by atoms with Crippen LogP contribution < -0.4 is 11.1 Å². The normalized spacial score (nSPS) is 23.9. The fourth-order valence-corrected chi connectivity index (χ4v) is 5.38. The quantitative estimate of drug-likeness (QED) is 0.354. The van der Waals surface area contributed by atoms with Gasteiger partial charge in [-0.1, -0.05) is 32.0 Å². The van der Waals surface area contributed by atoms with E-state index in [1.54, 1.807) is 0 Å². The molecule has 0 spiro atoms. The molecule has 3 N–H and O–H groups in total. The first-order chi connectivity index (χ1) is 12.7. The van der Waals surface area contributed by atoms with Gasteiger partial charge >= 0.3 is 0 Å². The SMILES string of the molecule is CCc1cccc(CC)c1NC(N)=NCC1(N2CCOCC2)CCSC1.I. The molecular weight excluding hydrogens is 471 g/mol. The number of thioether (sulfide) groups is 1. The Bertz CT molecular complexity index is 606. The van der Waals surface area contributed by atoms with Crippen LogP contribution in [0.15, 0.2) is 23.2 Å². The highest BCUT2D eigenvalue weighted by Crippen LogP contribution is 2.34. The number of guanidine groups is 1. The van der Waals surface area contributed by atoms with E-state index in [2.05, 4.69) is 42.3 Å². The molecular formula is C20H33IN4OS. The van der Waals surface area contributed by atoms with Crippen molar-refractivity contribution >= 4 is 47.4 Å². The van der Waals surface area contributed by atoms with E-state index in [0.29, 0.717) is 5.96 Å². The molecule has 7 heteroatoms. The van der Waals surface area contributed by atoms with Crippen molar-refractivity contribution in [3.05, 3.63) is 29.3 Å². The Morgan fingerprint density at radius 1 is 1.26 bits per heavy atom. The number of benzene rings is 1. The summed E-state index contributed by atoms with van der Waals surface area (Å²) in [5, 5.41) is 3.40. The molecule has 1 atom stereocenters. The summed E-state index contributed by atoms with van der Waals surface area (Å²) in [6.45, 7) is 8.77. The minimum atomic E-state index is 0. The molecule has 0 bridgehead atoms. The van der Waals surface area contributed by atoms with Crippen LogP contribution in [0.3, 0.4) is 0 Å². The third kappa shape index (κ3) is 5.52. The van der Waals surface area contributed by atoms with Crippen molar-refractivity contribution in [1.82, 2.24) is 4.90 Å². The maximum absolute atomic E-state index is 6.31. The van der Waals surface area contributed by atoms with Crippen molar-refractivity contribution in [2.75, 3.05) is 49.7 Å². The first-order valence-electron chi connectivity index (χ1n) is 9.77. The number of aliphatic imine (C=N–C) groups is 1. The lowest BCUT2D eigenvalue weighted by Crippen LogP contribution is -2.56. The lowest BCUT2D eigenvalue weighted by molar-refractivity contribution is -0.0104. The standard InChI is InChI=1S/C20H32N4OS.HI/c1-3-16-6-5-7-17(4-2)18(16)23-19(21)22-14-20(8-13-26-15-20)24-9-11-25-12-10-24;/h5-7H,3-4,8-15H2,1-2H3,(H3,21,22,23);1H. The molecule has 2 fully saturated rings. The average Bonchev–Trinajstić information content (AvgIpc) is 3.17. The highest BCUT2D eigenvalue weighted by Gasteiger charge is 2.40. The minimum Gasteiger partial charge on any atom is -0.379 e. The highest BCUT2D eigenvalue weighted by molar-refractivity contribution is 14.0. The Hall–Kier alpha value is -0.510. The Balaban J connectivity index is 0.00000261. The molecule has 1 unspecified atom stereocenters. The fraction of sp³-hybridized carbons (Fsp3) is 0.650. The molecule has 0 saturated carbocycles. The van der Waals surface area contributed by atoms with E-state index in [1.807, 2.05) is 11.8 Å². The average molecular weight is 504 g/mol. The first kappa shape index (κ1) is 22.8. The van der Waals surface area contributed by atoms with Crippen molar-refractivity contribution in [3.63, 3.8) is 0 Å². The smallest absolute Gasteiger partial charge is 0.193 e. The van der Waals surface area contributed by atoms with Gasteiger partial charge in [0, 0.05) is 24.5 Å². The van der Waals surface area contributed by atoms with Gasteiger partial charge in [0.1, 0.15) is 0 Å². The summed E-state index contributed by atoms with van der Waals surface area (Å²) < 4.78 is 5.54. The molecule has 2 aliphatic heterocycles.